The van der Waals surface area contributed by atoms with Gasteiger partial charge in [0.15, 0.2) is 5.43 Å². The van der Waals surface area contributed by atoms with Gasteiger partial charge in [-0.05, 0) is 24.3 Å². The largest absolute Gasteiger partial charge is 0.497 e. The molecule has 0 unspecified atom stereocenters. The molecule has 2 aromatic carbocycles. The third-order valence-corrected chi connectivity index (χ3v) is 3.30. The van der Waals surface area contributed by atoms with Crippen molar-refractivity contribution < 1.29 is 14.1 Å². The maximum Gasteiger partial charge on any atom is 0.269 e. The van der Waals surface area contributed by atoms with Gasteiger partial charge in [0, 0.05) is 29.8 Å². The molecule has 0 spiro atoms. The van der Waals surface area contributed by atoms with Crippen molar-refractivity contribution in [3.8, 4) is 17.1 Å². The van der Waals surface area contributed by atoms with Gasteiger partial charge in [0.2, 0.25) is 0 Å². The summed E-state index contributed by atoms with van der Waals surface area (Å²) < 4.78 is 10.8. The molecule has 22 heavy (non-hydrogen) atoms. The van der Waals surface area contributed by atoms with Gasteiger partial charge in [0.05, 0.1) is 17.4 Å². The van der Waals surface area contributed by atoms with Crippen molar-refractivity contribution in [1.82, 2.24) is 0 Å². The molecule has 0 aliphatic carbocycles. The van der Waals surface area contributed by atoms with Crippen LogP contribution >= 0.6 is 0 Å². The van der Waals surface area contributed by atoms with Gasteiger partial charge in [0.1, 0.15) is 17.1 Å². The van der Waals surface area contributed by atoms with Gasteiger partial charge >= 0.3 is 0 Å². The third kappa shape index (κ3) is 2.42. The summed E-state index contributed by atoms with van der Waals surface area (Å²) in [6, 6.07) is 12.1. The van der Waals surface area contributed by atoms with Crippen LogP contribution in [0.2, 0.25) is 0 Å². The van der Waals surface area contributed by atoms with Gasteiger partial charge in [-0.2, -0.15) is 0 Å². The van der Waals surface area contributed by atoms with Crippen molar-refractivity contribution in [2.75, 3.05) is 7.11 Å². The lowest BCUT2D eigenvalue weighted by atomic mass is 10.1. The fraction of sp³-hybridized carbons (Fsp3) is 0.0625. The van der Waals surface area contributed by atoms with Crippen LogP contribution in [-0.2, 0) is 0 Å². The Bertz CT molecular complexity index is 912. The first-order valence-electron chi connectivity index (χ1n) is 6.45. The van der Waals surface area contributed by atoms with Gasteiger partial charge in [-0.15, -0.1) is 0 Å². The quantitative estimate of drug-likeness (QED) is 0.546. The average Bonchev–Trinajstić information content (AvgIpc) is 2.54. The number of nitrogens with zero attached hydrogens (tertiary/aromatic N) is 1. The van der Waals surface area contributed by atoms with Crippen LogP contribution in [0.3, 0.4) is 0 Å². The smallest absolute Gasteiger partial charge is 0.269 e. The van der Waals surface area contributed by atoms with Crippen molar-refractivity contribution in [2.45, 2.75) is 0 Å². The number of hydrogen-bond acceptors (Lipinski definition) is 5. The molecule has 110 valence electrons. The molecular formula is C16H11NO5. The summed E-state index contributed by atoms with van der Waals surface area (Å²) in [6.45, 7) is 0. The number of benzene rings is 2. The Hall–Kier alpha value is -3.15. The van der Waals surface area contributed by atoms with E-state index in [2.05, 4.69) is 0 Å². The lowest BCUT2D eigenvalue weighted by molar-refractivity contribution is -0.384. The maximum absolute atomic E-state index is 12.1. The zero-order chi connectivity index (χ0) is 15.7. The van der Waals surface area contributed by atoms with Crippen LogP contribution in [0.15, 0.2) is 57.7 Å². The summed E-state index contributed by atoms with van der Waals surface area (Å²) in [5.41, 5.74) is 0.790. The highest BCUT2D eigenvalue weighted by molar-refractivity contribution is 5.80. The van der Waals surface area contributed by atoms with E-state index in [0.717, 1.165) is 0 Å². The number of nitro groups is 1. The van der Waals surface area contributed by atoms with Gasteiger partial charge in [-0.25, -0.2) is 0 Å². The number of ether oxygens (including phenoxy) is 1. The normalized spacial score (nSPS) is 10.6. The van der Waals surface area contributed by atoms with Crippen molar-refractivity contribution in [2.24, 2.45) is 0 Å². The predicted octanol–water partition coefficient (Wildman–Crippen LogP) is 3.38. The first-order valence-corrected chi connectivity index (χ1v) is 6.45. The predicted molar refractivity (Wildman–Crippen MR) is 81.1 cm³/mol. The zero-order valence-corrected chi connectivity index (χ0v) is 11.6. The molecule has 0 fully saturated rings. The number of methoxy groups -OCH3 is 1. The lowest BCUT2D eigenvalue weighted by Gasteiger charge is -2.05. The molecule has 3 rings (SSSR count). The summed E-state index contributed by atoms with van der Waals surface area (Å²) in [6.07, 6.45) is 0. The number of rotatable bonds is 3. The molecule has 0 aliphatic rings. The molecule has 0 amide bonds. The van der Waals surface area contributed by atoms with E-state index in [1.54, 1.807) is 30.3 Å². The van der Waals surface area contributed by atoms with Crippen molar-refractivity contribution in [1.29, 1.82) is 0 Å². The highest BCUT2D eigenvalue weighted by Gasteiger charge is 2.10. The Balaban J connectivity index is 2.14. The summed E-state index contributed by atoms with van der Waals surface area (Å²) in [4.78, 5) is 22.3. The lowest BCUT2D eigenvalue weighted by Crippen LogP contribution is -2.00. The van der Waals surface area contributed by atoms with Gasteiger partial charge in [-0.1, -0.05) is 0 Å². The van der Waals surface area contributed by atoms with E-state index in [-0.39, 0.29) is 11.1 Å². The Morgan fingerprint density at radius 1 is 1.09 bits per heavy atom. The van der Waals surface area contributed by atoms with Gasteiger partial charge < -0.3 is 9.15 Å². The summed E-state index contributed by atoms with van der Waals surface area (Å²) in [7, 11) is 1.53. The topological polar surface area (TPSA) is 82.6 Å². The molecule has 0 bridgehead atoms. The molecule has 0 aliphatic heterocycles. The van der Waals surface area contributed by atoms with Crippen LogP contribution in [0.5, 0.6) is 5.75 Å². The van der Waals surface area contributed by atoms with E-state index in [1.807, 2.05) is 0 Å². The van der Waals surface area contributed by atoms with Crippen LogP contribution in [0, 0.1) is 10.1 Å². The van der Waals surface area contributed by atoms with Crippen LogP contribution in [0.4, 0.5) is 5.69 Å². The molecule has 0 radical (unpaired) electrons. The van der Waals surface area contributed by atoms with Crippen LogP contribution in [0.25, 0.3) is 22.3 Å². The zero-order valence-electron chi connectivity index (χ0n) is 11.6. The Morgan fingerprint density at radius 3 is 2.45 bits per heavy atom. The molecule has 6 heteroatoms. The van der Waals surface area contributed by atoms with E-state index in [4.69, 9.17) is 9.15 Å². The minimum Gasteiger partial charge on any atom is -0.497 e. The van der Waals surface area contributed by atoms with Crippen molar-refractivity contribution in [3.05, 3.63) is 68.9 Å². The van der Waals surface area contributed by atoms with E-state index in [9.17, 15) is 14.9 Å². The second-order valence-electron chi connectivity index (χ2n) is 4.64. The van der Waals surface area contributed by atoms with E-state index in [0.29, 0.717) is 28.0 Å². The van der Waals surface area contributed by atoms with Crippen molar-refractivity contribution in [3.63, 3.8) is 0 Å². The first kappa shape index (κ1) is 13.8. The molecular weight excluding hydrogens is 286 g/mol. The molecule has 1 aromatic heterocycles. The van der Waals surface area contributed by atoms with Crippen LogP contribution in [-0.4, -0.2) is 12.0 Å². The summed E-state index contributed by atoms with van der Waals surface area (Å²) >= 11 is 0. The van der Waals surface area contributed by atoms with E-state index >= 15 is 0 Å². The SMILES string of the molecule is COc1ccc2c(=O)cc(-c3ccc([N+](=O)[O-])cc3)oc2c1. The van der Waals surface area contributed by atoms with Gasteiger partial charge in [0.25, 0.3) is 5.69 Å². The Labute approximate surface area is 124 Å². The second kappa shape index (κ2) is 5.33. The monoisotopic (exact) mass is 297 g/mol. The summed E-state index contributed by atoms with van der Waals surface area (Å²) in [5.74, 6) is 0.928. The molecule has 0 N–H and O–H groups in total. The Morgan fingerprint density at radius 2 is 1.82 bits per heavy atom. The van der Waals surface area contributed by atoms with Gasteiger partial charge in [-0.3, -0.25) is 14.9 Å². The maximum atomic E-state index is 12.1. The molecule has 1 heterocycles. The minimum absolute atomic E-state index is 0.0199. The van der Waals surface area contributed by atoms with Crippen LogP contribution < -0.4 is 10.2 Å². The van der Waals surface area contributed by atoms with Crippen LogP contribution in [0.1, 0.15) is 0 Å². The number of fused-ring (bicyclic) bond motifs is 1. The highest BCUT2D eigenvalue weighted by Crippen LogP contribution is 2.26. The number of non-ortho nitro benzene ring substituents is 1. The minimum atomic E-state index is -0.481. The molecule has 6 nitrogen and oxygen atoms in total. The molecule has 0 atom stereocenters. The van der Waals surface area contributed by atoms with Crippen molar-refractivity contribution >= 4 is 16.7 Å². The fourth-order valence-electron chi connectivity index (χ4n) is 2.15. The molecule has 0 saturated heterocycles. The Kier molecular flexibility index (Phi) is 3.34. The highest BCUT2D eigenvalue weighted by atomic mass is 16.6. The molecule has 3 aromatic rings. The summed E-state index contributed by atoms with van der Waals surface area (Å²) in [5, 5.41) is 11.1. The number of nitro benzene ring substituents is 1. The number of hydrogen-bond donors (Lipinski definition) is 0. The first-order chi connectivity index (χ1) is 10.6. The third-order valence-electron chi connectivity index (χ3n) is 3.30. The standard InChI is InChI=1S/C16H11NO5/c1-21-12-6-7-13-14(18)9-15(22-16(13)8-12)10-2-4-11(5-3-10)17(19)20/h2-9H,1H3. The fourth-order valence-corrected chi connectivity index (χ4v) is 2.15. The van der Waals surface area contributed by atoms with E-state index < -0.39 is 4.92 Å². The average molecular weight is 297 g/mol. The van der Waals surface area contributed by atoms with E-state index in [1.165, 1.54) is 25.3 Å². The second-order valence-corrected chi connectivity index (χ2v) is 4.64. The molecule has 0 saturated carbocycles.